The SMILES string of the molecule is COc1ccc(S(=O)(=O)NCC(O)CO)cc1OC. The molecule has 0 amide bonds. The second kappa shape index (κ2) is 6.71. The molecule has 108 valence electrons. The molecule has 0 aromatic heterocycles. The smallest absolute Gasteiger partial charge is 0.240 e. The Bertz CT molecular complexity index is 516. The van der Waals surface area contributed by atoms with Gasteiger partial charge in [0, 0.05) is 12.6 Å². The Balaban J connectivity index is 2.95. The number of nitrogens with one attached hydrogen (secondary N) is 1. The third-order valence-corrected chi connectivity index (χ3v) is 3.81. The Hall–Kier alpha value is -1.35. The fourth-order valence-electron chi connectivity index (χ4n) is 1.34. The molecule has 1 unspecified atom stereocenters. The van der Waals surface area contributed by atoms with Crippen LogP contribution in [-0.2, 0) is 10.0 Å². The fraction of sp³-hybridized carbons (Fsp3) is 0.455. The van der Waals surface area contributed by atoms with Gasteiger partial charge >= 0.3 is 0 Å². The number of hydrogen-bond donors (Lipinski definition) is 3. The Morgan fingerprint density at radius 1 is 1.26 bits per heavy atom. The standard InChI is InChI=1S/C11H17NO6S/c1-17-10-4-3-9(5-11(10)18-2)19(15,16)12-6-8(14)7-13/h3-5,8,12-14H,6-7H2,1-2H3. The van der Waals surface area contributed by atoms with Crippen molar-refractivity contribution in [1.29, 1.82) is 0 Å². The lowest BCUT2D eigenvalue weighted by molar-refractivity contribution is 0.0988. The van der Waals surface area contributed by atoms with Crippen molar-refractivity contribution in [3.8, 4) is 11.5 Å². The number of sulfonamides is 1. The fourth-order valence-corrected chi connectivity index (χ4v) is 2.43. The van der Waals surface area contributed by atoms with Gasteiger partial charge in [-0.25, -0.2) is 13.1 Å². The molecule has 0 saturated heterocycles. The normalized spacial score (nSPS) is 13.1. The van der Waals surface area contributed by atoms with Gasteiger partial charge in [-0.3, -0.25) is 0 Å². The molecule has 0 aliphatic rings. The lowest BCUT2D eigenvalue weighted by Crippen LogP contribution is -2.33. The van der Waals surface area contributed by atoms with E-state index < -0.39 is 22.7 Å². The Kier molecular flexibility index (Phi) is 5.55. The first-order valence-corrected chi connectivity index (χ1v) is 6.93. The van der Waals surface area contributed by atoms with E-state index in [0.29, 0.717) is 5.75 Å². The minimum Gasteiger partial charge on any atom is -0.493 e. The molecule has 0 spiro atoms. The number of methoxy groups -OCH3 is 2. The molecule has 19 heavy (non-hydrogen) atoms. The molecule has 0 radical (unpaired) electrons. The highest BCUT2D eigenvalue weighted by Gasteiger charge is 2.18. The lowest BCUT2D eigenvalue weighted by atomic mass is 10.3. The van der Waals surface area contributed by atoms with E-state index in [1.54, 1.807) is 0 Å². The summed E-state index contributed by atoms with van der Waals surface area (Å²) < 4.78 is 36.0. The zero-order chi connectivity index (χ0) is 14.5. The van der Waals surface area contributed by atoms with Crippen LogP contribution in [0.15, 0.2) is 23.1 Å². The van der Waals surface area contributed by atoms with Crippen molar-refractivity contribution < 1.29 is 28.1 Å². The maximum Gasteiger partial charge on any atom is 0.240 e. The van der Waals surface area contributed by atoms with Gasteiger partial charge in [0.1, 0.15) is 0 Å². The molecule has 8 heteroatoms. The van der Waals surface area contributed by atoms with E-state index in [9.17, 15) is 8.42 Å². The molecule has 3 N–H and O–H groups in total. The van der Waals surface area contributed by atoms with E-state index in [1.165, 1.54) is 32.4 Å². The second-order valence-electron chi connectivity index (χ2n) is 3.71. The molecule has 0 aliphatic heterocycles. The predicted molar refractivity (Wildman–Crippen MR) is 67.8 cm³/mol. The maximum absolute atomic E-state index is 11.9. The highest BCUT2D eigenvalue weighted by Crippen LogP contribution is 2.29. The zero-order valence-electron chi connectivity index (χ0n) is 10.7. The van der Waals surface area contributed by atoms with Crippen LogP contribution in [0.4, 0.5) is 0 Å². The van der Waals surface area contributed by atoms with Crippen LogP contribution in [0, 0.1) is 0 Å². The first kappa shape index (κ1) is 15.7. The summed E-state index contributed by atoms with van der Waals surface area (Å²) in [5, 5.41) is 17.8. The largest absolute Gasteiger partial charge is 0.493 e. The first-order chi connectivity index (χ1) is 8.94. The summed E-state index contributed by atoms with van der Waals surface area (Å²) in [5.74, 6) is 0.699. The summed E-state index contributed by atoms with van der Waals surface area (Å²) in [5.41, 5.74) is 0. The number of benzene rings is 1. The van der Waals surface area contributed by atoms with Crippen LogP contribution < -0.4 is 14.2 Å². The molecule has 0 bridgehead atoms. The number of aliphatic hydroxyl groups is 2. The quantitative estimate of drug-likeness (QED) is 0.615. The molecule has 1 aromatic carbocycles. The van der Waals surface area contributed by atoms with Crippen LogP contribution in [0.5, 0.6) is 11.5 Å². The molecule has 0 saturated carbocycles. The number of ether oxygens (including phenoxy) is 2. The van der Waals surface area contributed by atoms with Crippen LogP contribution in [0.25, 0.3) is 0 Å². The predicted octanol–water partition coefficient (Wildman–Crippen LogP) is -0.665. The molecule has 0 fully saturated rings. The van der Waals surface area contributed by atoms with E-state index in [2.05, 4.69) is 4.72 Å². The summed E-state index contributed by atoms with van der Waals surface area (Å²) >= 11 is 0. The van der Waals surface area contributed by atoms with Gasteiger partial charge in [0.25, 0.3) is 0 Å². The van der Waals surface area contributed by atoms with Crippen LogP contribution in [0.1, 0.15) is 0 Å². The topological polar surface area (TPSA) is 105 Å². The average Bonchev–Trinajstić information content (AvgIpc) is 2.43. The molecule has 0 aliphatic carbocycles. The monoisotopic (exact) mass is 291 g/mol. The second-order valence-corrected chi connectivity index (χ2v) is 5.47. The summed E-state index contributed by atoms with van der Waals surface area (Å²) in [4.78, 5) is -0.0183. The number of hydrogen-bond acceptors (Lipinski definition) is 6. The molecular weight excluding hydrogens is 274 g/mol. The van der Waals surface area contributed by atoms with Crippen molar-refractivity contribution in [2.75, 3.05) is 27.4 Å². The maximum atomic E-state index is 11.9. The van der Waals surface area contributed by atoms with E-state index in [-0.39, 0.29) is 17.2 Å². The van der Waals surface area contributed by atoms with Crippen molar-refractivity contribution in [2.24, 2.45) is 0 Å². The van der Waals surface area contributed by atoms with Crippen molar-refractivity contribution in [3.63, 3.8) is 0 Å². The van der Waals surface area contributed by atoms with Crippen molar-refractivity contribution in [2.45, 2.75) is 11.0 Å². The van der Waals surface area contributed by atoms with E-state index >= 15 is 0 Å². The van der Waals surface area contributed by atoms with Gasteiger partial charge in [0.15, 0.2) is 11.5 Å². The van der Waals surface area contributed by atoms with Gasteiger partial charge < -0.3 is 19.7 Å². The van der Waals surface area contributed by atoms with Crippen LogP contribution in [0.2, 0.25) is 0 Å². The minimum absolute atomic E-state index is 0.0183. The van der Waals surface area contributed by atoms with Crippen LogP contribution in [-0.4, -0.2) is 52.1 Å². The first-order valence-electron chi connectivity index (χ1n) is 5.45. The number of aliphatic hydroxyl groups excluding tert-OH is 2. The lowest BCUT2D eigenvalue weighted by Gasteiger charge is -2.12. The molecule has 1 atom stereocenters. The number of rotatable bonds is 7. The Morgan fingerprint density at radius 2 is 1.89 bits per heavy atom. The van der Waals surface area contributed by atoms with Crippen LogP contribution >= 0.6 is 0 Å². The van der Waals surface area contributed by atoms with Gasteiger partial charge in [-0.1, -0.05) is 0 Å². The summed E-state index contributed by atoms with van der Waals surface area (Å²) in [6, 6.07) is 4.14. The van der Waals surface area contributed by atoms with Crippen LogP contribution in [0.3, 0.4) is 0 Å². The highest BCUT2D eigenvalue weighted by atomic mass is 32.2. The third kappa shape index (κ3) is 4.06. The van der Waals surface area contributed by atoms with Crippen molar-refractivity contribution >= 4 is 10.0 Å². The van der Waals surface area contributed by atoms with Gasteiger partial charge in [-0.2, -0.15) is 0 Å². The Morgan fingerprint density at radius 3 is 2.42 bits per heavy atom. The van der Waals surface area contributed by atoms with Gasteiger partial charge in [-0.05, 0) is 12.1 Å². The third-order valence-electron chi connectivity index (χ3n) is 2.39. The summed E-state index contributed by atoms with van der Waals surface area (Å²) in [6.45, 7) is -0.790. The average molecular weight is 291 g/mol. The molecule has 0 heterocycles. The van der Waals surface area contributed by atoms with E-state index in [1.807, 2.05) is 0 Å². The van der Waals surface area contributed by atoms with Crippen molar-refractivity contribution in [1.82, 2.24) is 4.72 Å². The van der Waals surface area contributed by atoms with Crippen molar-refractivity contribution in [3.05, 3.63) is 18.2 Å². The molecule has 1 rings (SSSR count). The zero-order valence-corrected chi connectivity index (χ0v) is 11.5. The van der Waals surface area contributed by atoms with E-state index in [0.717, 1.165) is 0 Å². The molecular formula is C11H17NO6S. The molecule has 7 nitrogen and oxygen atoms in total. The van der Waals surface area contributed by atoms with Gasteiger partial charge in [0.2, 0.25) is 10.0 Å². The van der Waals surface area contributed by atoms with Gasteiger partial charge in [-0.15, -0.1) is 0 Å². The minimum atomic E-state index is -3.78. The Labute approximate surface area is 111 Å². The highest BCUT2D eigenvalue weighted by molar-refractivity contribution is 7.89. The molecule has 1 aromatic rings. The van der Waals surface area contributed by atoms with E-state index in [4.69, 9.17) is 19.7 Å². The summed E-state index contributed by atoms with van der Waals surface area (Å²) in [6.07, 6.45) is -1.14. The summed E-state index contributed by atoms with van der Waals surface area (Å²) in [7, 11) is -0.933. The van der Waals surface area contributed by atoms with Gasteiger partial charge in [0.05, 0.1) is 31.8 Å².